The first kappa shape index (κ1) is 17.6. The van der Waals surface area contributed by atoms with Gasteiger partial charge in [-0.25, -0.2) is 4.79 Å². The van der Waals surface area contributed by atoms with Crippen molar-refractivity contribution in [2.24, 2.45) is 0 Å². The van der Waals surface area contributed by atoms with Crippen molar-refractivity contribution in [1.29, 1.82) is 0 Å². The highest BCUT2D eigenvalue weighted by Gasteiger charge is 2.36. The Morgan fingerprint density at radius 1 is 1.08 bits per heavy atom. The predicted molar refractivity (Wildman–Crippen MR) is 68.3 cm³/mol. The molecule has 0 fully saturated rings. The molecule has 1 N–H and O–H groups in total. The second-order valence-corrected chi connectivity index (χ2v) is 4.49. The van der Waals surface area contributed by atoms with Crippen LogP contribution in [0.1, 0.15) is 15.9 Å². The number of hydrogen-bond acceptors (Lipinski definition) is 3. The van der Waals surface area contributed by atoms with Gasteiger partial charge in [-0.15, -0.1) is 13.2 Å². The van der Waals surface area contributed by atoms with Crippen molar-refractivity contribution >= 4 is 5.97 Å². The molecule has 0 aliphatic carbocycles. The molecule has 0 radical (unpaired) electrons. The summed E-state index contributed by atoms with van der Waals surface area (Å²) in [7, 11) is 0. The van der Waals surface area contributed by atoms with Gasteiger partial charge in [-0.3, -0.25) is 4.98 Å². The molecule has 1 aromatic carbocycles. The Kier molecular flexibility index (Phi) is 4.41. The fraction of sp³-hybridized carbons (Fsp3) is 0.143. The van der Waals surface area contributed by atoms with Crippen molar-refractivity contribution in [3.63, 3.8) is 0 Å². The van der Waals surface area contributed by atoms with Crippen LogP contribution in [0.3, 0.4) is 0 Å². The minimum atomic E-state index is -4.95. The largest absolute Gasteiger partial charge is 0.573 e. The number of halogens is 6. The zero-order chi connectivity index (χ0) is 18.1. The molecule has 0 atom stereocenters. The predicted octanol–water partition coefficient (Wildman–Crippen LogP) is 4.36. The fourth-order valence-electron chi connectivity index (χ4n) is 1.87. The number of benzene rings is 1. The van der Waals surface area contributed by atoms with E-state index in [-0.39, 0.29) is 11.3 Å². The highest BCUT2D eigenvalue weighted by molar-refractivity contribution is 5.91. The Hall–Kier alpha value is -2.78. The van der Waals surface area contributed by atoms with Crippen molar-refractivity contribution in [1.82, 2.24) is 4.98 Å². The van der Waals surface area contributed by atoms with Crippen LogP contribution in [-0.2, 0) is 6.18 Å². The molecule has 0 saturated carbocycles. The molecule has 128 valence electrons. The van der Waals surface area contributed by atoms with E-state index >= 15 is 0 Å². The van der Waals surface area contributed by atoms with Gasteiger partial charge in [-0.2, -0.15) is 13.2 Å². The smallest absolute Gasteiger partial charge is 0.478 e. The first-order valence-corrected chi connectivity index (χ1v) is 6.14. The lowest BCUT2D eigenvalue weighted by atomic mass is 10.0. The highest BCUT2D eigenvalue weighted by atomic mass is 19.4. The van der Waals surface area contributed by atoms with E-state index in [4.69, 9.17) is 5.11 Å². The Balaban J connectivity index is 2.48. The van der Waals surface area contributed by atoms with Crippen LogP contribution in [-0.4, -0.2) is 22.4 Å². The first-order chi connectivity index (χ1) is 11.0. The molecule has 1 aromatic heterocycles. The Bertz CT molecular complexity index is 770. The number of pyridine rings is 1. The van der Waals surface area contributed by atoms with Gasteiger partial charge in [0.15, 0.2) is 0 Å². The van der Waals surface area contributed by atoms with E-state index in [1.165, 1.54) is 6.07 Å². The normalized spacial score (nSPS) is 12.1. The van der Waals surface area contributed by atoms with Crippen LogP contribution in [0, 0.1) is 0 Å². The van der Waals surface area contributed by atoms with Gasteiger partial charge < -0.3 is 9.84 Å². The molecule has 2 aromatic rings. The molecule has 0 saturated heterocycles. The maximum absolute atomic E-state index is 12.7. The summed E-state index contributed by atoms with van der Waals surface area (Å²) in [6.07, 6.45) is -9.56. The SMILES string of the molecule is O=C(O)c1cc(-c2cccc(OC(F)(F)F)c2)ncc1C(F)(F)F. The third-order valence-corrected chi connectivity index (χ3v) is 2.80. The van der Waals surface area contributed by atoms with Gasteiger partial charge >= 0.3 is 18.5 Å². The zero-order valence-corrected chi connectivity index (χ0v) is 11.4. The minimum absolute atomic E-state index is 0.0343. The van der Waals surface area contributed by atoms with Crippen molar-refractivity contribution in [2.75, 3.05) is 0 Å². The number of nitrogens with zero attached hydrogens (tertiary/aromatic N) is 1. The Labute approximate surface area is 130 Å². The second kappa shape index (κ2) is 6.02. The summed E-state index contributed by atoms with van der Waals surface area (Å²) in [6, 6.07) is 4.92. The number of carbonyl (C=O) groups is 1. The van der Waals surface area contributed by atoms with Gasteiger partial charge in [0, 0.05) is 11.8 Å². The van der Waals surface area contributed by atoms with Crippen LogP contribution < -0.4 is 4.74 Å². The molecule has 0 bridgehead atoms. The van der Waals surface area contributed by atoms with Crippen LogP contribution >= 0.6 is 0 Å². The molecule has 2 rings (SSSR count). The summed E-state index contributed by atoms with van der Waals surface area (Å²) < 4.78 is 78.5. The zero-order valence-electron chi connectivity index (χ0n) is 11.4. The average Bonchev–Trinajstić information content (AvgIpc) is 2.44. The quantitative estimate of drug-likeness (QED) is 0.835. The van der Waals surface area contributed by atoms with Crippen LogP contribution in [0.4, 0.5) is 26.3 Å². The number of aromatic carboxylic acids is 1. The summed E-state index contributed by atoms with van der Waals surface area (Å²) in [5, 5.41) is 8.91. The van der Waals surface area contributed by atoms with Gasteiger partial charge in [0.25, 0.3) is 0 Å². The van der Waals surface area contributed by atoms with Crippen LogP contribution in [0.15, 0.2) is 36.5 Å². The van der Waals surface area contributed by atoms with Crippen LogP contribution in [0.5, 0.6) is 5.75 Å². The Morgan fingerprint density at radius 3 is 2.29 bits per heavy atom. The summed E-state index contributed by atoms with van der Waals surface area (Å²) >= 11 is 0. The molecule has 0 amide bonds. The van der Waals surface area contributed by atoms with E-state index in [2.05, 4.69) is 9.72 Å². The lowest BCUT2D eigenvalue weighted by Gasteiger charge is -2.12. The standard InChI is InChI=1S/C14H7F6NO3/c15-13(16,17)10-6-21-11(5-9(10)12(22)23)7-2-1-3-8(4-7)24-14(18,19)20/h1-6H,(H,22,23). The van der Waals surface area contributed by atoms with E-state index in [1.807, 2.05) is 0 Å². The van der Waals surface area contributed by atoms with Gasteiger partial charge in [0.2, 0.25) is 0 Å². The topological polar surface area (TPSA) is 59.4 Å². The molecule has 0 aliphatic rings. The summed E-state index contributed by atoms with van der Waals surface area (Å²) in [6.45, 7) is 0. The number of hydrogen-bond donors (Lipinski definition) is 1. The number of alkyl halides is 6. The van der Waals surface area contributed by atoms with E-state index in [9.17, 15) is 31.1 Å². The highest BCUT2D eigenvalue weighted by Crippen LogP contribution is 2.34. The molecule has 0 unspecified atom stereocenters. The van der Waals surface area contributed by atoms with Crippen molar-refractivity contribution in [3.8, 4) is 17.0 Å². The second-order valence-electron chi connectivity index (χ2n) is 4.49. The fourth-order valence-corrected chi connectivity index (χ4v) is 1.87. The summed E-state index contributed by atoms with van der Waals surface area (Å²) in [4.78, 5) is 14.5. The maximum atomic E-state index is 12.7. The third-order valence-electron chi connectivity index (χ3n) is 2.80. The molecule has 0 spiro atoms. The van der Waals surface area contributed by atoms with Gasteiger partial charge in [-0.05, 0) is 18.2 Å². The van der Waals surface area contributed by atoms with Gasteiger partial charge in [0.1, 0.15) is 5.75 Å². The lowest BCUT2D eigenvalue weighted by Crippen LogP contribution is -2.17. The van der Waals surface area contributed by atoms with Gasteiger partial charge in [-0.1, -0.05) is 12.1 Å². The van der Waals surface area contributed by atoms with Crippen molar-refractivity contribution in [2.45, 2.75) is 12.5 Å². The molecule has 0 aliphatic heterocycles. The summed E-state index contributed by atoms with van der Waals surface area (Å²) in [5.74, 6) is -2.45. The number of aromatic nitrogens is 1. The Morgan fingerprint density at radius 2 is 1.75 bits per heavy atom. The third kappa shape index (κ3) is 4.15. The number of rotatable bonds is 3. The first-order valence-electron chi connectivity index (χ1n) is 6.14. The molecular formula is C14H7F6NO3. The monoisotopic (exact) mass is 351 g/mol. The maximum Gasteiger partial charge on any atom is 0.573 e. The molecule has 10 heteroatoms. The molecule has 1 heterocycles. The number of ether oxygens (including phenoxy) is 1. The van der Waals surface area contributed by atoms with E-state index in [1.54, 1.807) is 0 Å². The molecule has 24 heavy (non-hydrogen) atoms. The van der Waals surface area contributed by atoms with E-state index < -0.39 is 35.4 Å². The van der Waals surface area contributed by atoms with Crippen LogP contribution in [0.25, 0.3) is 11.3 Å². The van der Waals surface area contributed by atoms with Gasteiger partial charge in [0.05, 0.1) is 16.8 Å². The average molecular weight is 351 g/mol. The number of carboxylic acids is 1. The van der Waals surface area contributed by atoms with Crippen molar-refractivity contribution in [3.05, 3.63) is 47.7 Å². The number of carboxylic acid groups (broad SMARTS) is 1. The summed E-state index contributed by atoms with van der Waals surface area (Å²) in [5.41, 5.74) is -2.79. The molecule has 4 nitrogen and oxygen atoms in total. The van der Waals surface area contributed by atoms with Crippen molar-refractivity contribution < 1.29 is 41.0 Å². The van der Waals surface area contributed by atoms with E-state index in [0.29, 0.717) is 12.3 Å². The van der Waals surface area contributed by atoms with E-state index in [0.717, 1.165) is 18.2 Å². The minimum Gasteiger partial charge on any atom is -0.478 e. The molecular weight excluding hydrogens is 344 g/mol. The lowest BCUT2D eigenvalue weighted by molar-refractivity contribution is -0.274. The van der Waals surface area contributed by atoms with Crippen LogP contribution in [0.2, 0.25) is 0 Å².